The van der Waals surface area contributed by atoms with Crippen molar-refractivity contribution in [2.75, 3.05) is 32.8 Å². The van der Waals surface area contributed by atoms with Gasteiger partial charge in [-0.3, -0.25) is 14.6 Å². The molecular weight excluding hydrogens is 408 g/mol. The Morgan fingerprint density at radius 2 is 1.18 bits per heavy atom. The van der Waals surface area contributed by atoms with Crippen molar-refractivity contribution in [3.63, 3.8) is 0 Å². The maximum Gasteiger partial charge on any atom is 0.315 e. The quantitative estimate of drug-likeness (QED) is 0.506. The number of nitrogens with zero attached hydrogens (tertiary/aromatic N) is 2. The lowest BCUT2D eigenvalue weighted by Crippen LogP contribution is -2.50. The van der Waals surface area contributed by atoms with Crippen LogP contribution >= 0.6 is 0 Å². The van der Waals surface area contributed by atoms with E-state index >= 15 is 0 Å². The average molecular weight is 441 g/mol. The van der Waals surface area contributed by atoms with Crippen LogP contribution in [0.25, 0.3) is 0 Å². The lowest BCUT2D eigenvalue weighted by Gasteiger charge is -2.36. The highest BCUT2D eigenvalue weighted by Crippen LogP contribution is 2.54. The minimum atomic E-state index is -0.589. The molecule has 2 saturated heterocycles. The van der Waals surface area contributed by atoms with E-state index < -0.39 is 5.41 Å². The summed E-state index contributed by atoms with van der Waals surface area (Å²) in [5, 5.41) is 0. The summed E-state index contributed by atoms with van der Waals surface area (Å²) in [7, 11) is 0. The van der Waals surface area contributed by atoms with Gasteiger partial charge in [0.05, 0.1) is 6.61 Å². The van der Waals surface area contributed by atoms with E-state index in [2.05, 4.69) is 101 Å². The summed E-state index contributed by atoms with van der Waals surface area (Å²) in [4.78, 5) is 18.7. The van der Waals surface area contributed by atoms with Gasteiger partial charge in [0.25, 0.3) is 0 Å². The summed E-state index contributed by atoms with van der Waals surface area (Å²) < 4.78 is 5.78. The first kappa shape index (κ1) is 21.9. The van der Waals surface area contributed by atoms with Crippen molar-refractivity contribution >= 4 is 5.97 Å². The lowest BCUT2D eigenvalue weighted by atomic mass is 9.64. The second-order valence-corrected chi connectivity index (χ2v) is 9.51. The minimum Gasteiger partial charge on any atom is -0.465 e. The van der Waals surface area contributed by atoms with E-state index in [4.69, 9.17) is 4.74 Å². The van der Waals surface area contributed by atoms with Crippen LogP contribution in [0.5, 0.6) is 0 Å². The molecule has 33 heavy (non-hydrogen) atoms. The van der Waals surface area contributed by atoms with Gasteiger partial charge < -0.3 is 4.74 Å². The van der Waals surface area contributed by atoms with Crippen LogP contribution < -0.4 is 0 Å². The summed E-state index contributed by atoms with van der Waals surface area (Å²) in [5.74, 6) is -0.0556. The second-order valence-electron chi connectivity index (χ2n) is 9.51. The average Bonchev–Trinajstić information content (AvgIpc) is 3.31. The van der Waals surface area contributed by atoms with Gasteiger partial charge >= 0.3 is 5.97 Å². The van der Waals surface area contributed by atoms with Gasteiger partial charge in [-0.25, -0.2) is 0 Å². The number of carbonyl (C=O) groups excluding carboxylic acids is 1. The van der Waals surface area contributed by atoms with Crippen molar-refractivity contribution < 1.29 is 9.53 Å². The molecule has 0 atom stereocenters. The minimum absolute atomic E-state index is 0.0556. The van der Waals surface area contributed by atoms with Crippen molar-refractivity contribution in [2.45, 2.75) is 25.4 Å². The Kier molecular flexibility index (Phi) is 6.05. The predicted octanol–water partition coefficient (Wildman–Crippen LogP) is 4.51. The van der Waals surface area contributed by atoms with Gasteiger partial charge in [0.1, 0.15) is 5.41 Å². The molecule has 0 unspecified atom stereocenters. The summed E-state index contributed by atoms with van der Waals surface area (Å²) in [6.07, 6.45) is 0. The molecule has 2 aliphatic rings. The number of likely N-dealkylation sites (tertiary alicyclic amines) is 2. The summed E-state index contributed by atoms with van der Waals surface area (Å²) >= 11 is 0. The van der Waals surface area contributed by atoms with Crippen molar-refractivity contribution in [1.82, 2.24) is 9.80 Å². The standard InChI is InChI=1S/C29H32N2O2/c1-2-33-27(32)29-22-30(18-24-12-6-3-7-13-24)20-28(29,26-16-10-5-11-17-26)21-31(23-29)19-25-14-8-4-9-15-25/h3-17H,2,18-23H2,1H3. The van der Waals surface area contributed by atoms with Crippen LogP contribution in [0.15, 0.2) is 91.0 Å². The van der Waals surface area contributed by atoms with Crippen molar-refractivity contribution in [2.24, 2.45) is 5.41 Å². The van der Waals surface area contributed by atoms with Crippen LogP contribution in [-0.4, -0.2) is 48.6 Å². The zero-order valence-electron chi connectivity index (χ0n) is 19.3. The van der Waals surface area contributed by atoms with Crippen molar-refractivity contribution in [3.05, 3.63) is 108 Å². The van der Waals surface area contributed by atoms with E-state index in [-0.39, 0.29) is 11.4 Å². The zero-order chi connectivity index (χ0) is 22.7. The monoisotopic (exact) mass is 440 g/mol. The Morgan fingerprint density at radius 3 is 1.64 bits per heavy atom. The normalized spacial score (nSPS) is 25.1. The molecule has 4 nitrogen and oxygen atoms in total. The van der Waals surface area contributed by atoms with Crippen LogP contribution in [0.3, 0.4) is 0 Å². The molecule has 4 heteroatoms. The highest BCUT2D eigenvalue weighted by Gasteiger charge is 2.68. The Morgan fingerprint density at radius 1 is 0.727 bits per heavy atom. The zero-order valence-corrected chi connectivity index (χ0v) is 19.3. The molecule has 2 fully saturated rings. The number of hydrogen-bond acceptors (Lipinski definition) is 4. The molecular formula is C29H32N2O2. The Bertz CT molecular complexity index is 1020. The first-order valence-corrected chi connectivity index (χ1v) is 11.9. The van der Waals surface area contributed by atoms with Crippen LogP contribution in [-0.2, 0) is 28.0 Å². The van der Waals surface area contributed by atoms with Gasteiger partial charge in [-0.05, 0) is 23.6 Å². The number of hydrogen-bond donors (Lipinski definition) is 0. The number of benzene rings is 3. The molecule has 5 rings (SSSR count). The molecule has 3 aromatic carbocycles. The molecule has 0 spiro atoms. The molecule has 0 aromatic heterocycles. The SMILES string of the molecule is CCOC(=O)C12CN(Cc3ccccc3)CC1(c1ccccc1)CN(Cc1ccccc1)C2. The first-order chi connectivity index (χ1) is 16.1. The number of fused-ring (bicyclic) bond motifs is 1. The highest BCUT2D eigenvalue weighted by molar-refractivity contribution is 5.82. The van der Waals surface area contributed by atoms with Crippen LogP contribution in [0.4, 0.5) is 0 Å². The molecule has 0 amide bonds. The third-order valence-corrected chi connectivity index (χ3v) is 7.38. The molecule has 3 aromatic rings. The van der Waals surface area contributed by atoms with Crippen LogP contribution in [0, 0.1) is 5.41 Å². The Labute approximate surface area is 196 Å². The van der Waals surface area contributed by atoms with E-state index in [1.807, 2.05) is 6.92 Å². The first-order valence-electron chi connectivity index (χ1n) is 11.9. The van der Waals surface area contributed by atoms with E-state index in [0.29, 0.717) is 19.7 Å². The van der Waals surface area contributed by atoms with Crippen molar-refractivity contribution in [1.29, 1.82) is 0 Å². The third-order valence-electron chi connectivity index (χ3n) is 7.38. The van der Waals surface area contributed by atoms with Gasteiger partial charge in [-0.2, -0.15) is 0 Å². The van der Waals surface area contributed by atoms with Crippen molar-refractivity contribution in [3.8, 4) is 0 Å². The molecule has 170 valence electrons. The smallest absolute Gasteiger partial charge is 0.315 e. The topological polar surface area (TPSA) is 32.8 Å². The lowest BCUT2D eigenvalue weighted by molar-refractivity contribution is -0.156. The fourth-order valence-corrected chi connectivity index (χ4v) is 6.06. The van der Waals surface area contributed by atoms with Gasteiger partial charge in [-0.1, -0.05) is 91.0 Å². The largest absolute Gasteiger partial charge is 0.465 e. The summed E-state index contributed by atoms with van der Waals surface area (Å²) in [6, 6.07) is 31.8. The maximum absolute atomic E-state index is 13.7. The van der Waals surface area contributed by atoms with Gasteiger partial charge in [-0.15, -0.1) is 0 Å². The molecule has 0 radical (unpaired) electrons. The summed E-state index contributed by atoms with van der Waals surface area (Å²) in [5.41, 5.74) is 2.91. The highest BCUT2D eigenvalue weighted by atomic mass is 16.5. The maximum atomic E-state index is 13.7. The molecule has 0 bridgehead atoms. The van der Waals surface area contributed by atoms with E-state index in [1.165, 1.54) is 16.7 Å². The Hall–Kier alpha value is -2.95. The van der Waals surface area contributed by atoms with E-state index in [1.54, 1.807) is 0 Å². The van der Waals surface area contributed by atoms with Crippen LogP contribution in [0.1, 0.15) is 23.6 Å². The fourth-order valence-electron chi connectivity index (χ4n) is 6.06. The van der Waals surface area contributed by atoms with E-state index in [0.717, 1.165) is 26.2 Å². The molecule has 0 N–H and O–H groups in total. The second kappa shape index (κ2) is 9.12. The van der Waals surface area contributed by atoms with Gasteiger partial charge in [0.2, 0.25) is 0 Å². The molecule has 2 heterocycles. The predicted molar refractivity (Wildman–Crippen MR) is 131 cm³/mol. The van der Waals surface area contributed by atoms with Crippen LogP contribution in [0.2, 0.25) is 0 Å². The number of ether oxygens (including phenoxy) is 1. The fraction of sp³-hybridized carbons (Fsp3) is 0.345. The number of rotatable bonds is 7. The number of carbonyl (C=O) groups is 1. The summed E-state index contributed by atoms with van der Waals surface area (Å²) in [6.45, 7) is 7.10. The molecule has 0 aliphatic carbocycles. The van der Waals surface area contributed by atoms with E-state index in [9.17, 15) is 4.79 Å². The third kappa shape index (κ3) is 3.98. The van der Waals surface area contributed by atoms with Gasteiger partial charge in [0, 0.05) is 44.7 Å². The molecule has 2 aliphatic heterocycles. The van der Waals surface area contributed by atoms with Gasteiger partial charge in [0.15, 0.2) is 0 Å². The Balaban J connectivity index is 1.53. The molecule has 0 saturated carbocycles. The number of esters is 1.